The lowest BCUT2D eigenvalue weighted by atomic mass is 10.1. The fourth-order valence-electron chi connectivity index (χ4n) is 1.77. The van der Waals surface area contributed by atoms with Gasteiger partial charge in [0.1, 0.15) is 10.6 Å². The summed E-state index contributed by atoms with van der Waals surface area (Å²) >= 11 is 7.31. The minimum Gasteiger partial charge on any atom is -0.444 e. The molecule has 1 amide bonds. The molecule has 22 heavy (non-hydrogen) atoms. The Bertz CT molecular complexity index is 703. The molecule has 0 bridgehead atoms. The summed E-state index contributed by atoms with van der Waals surface area (Å²) in [5.41, 5.74) is 0.188. The van der Waals surface area contributed by atoms with E-state index in [9.17, 15) is 9.59 Å². The average molecular weight is 338 g/mol. The Labute approximate surface area is 138 Å². The number of rotatable bonds is 3. The quantitative estimate of drug-likeness (QED) is 0.803. The van der Waals surface area contributed by atoms with E-state index >= 15 is 0 Å². The van der Waals surface area contributed by atoms with E-state index in [1.54, 1.807) is 56.5 Å². The fraction of sp³-hybridized carbons (Fsp3) is 0.250. The van der Waals surface area contributed by atoms with Gasteiger partial charge in [-0.15, -0.1) is 11.3 Å². The number of anilines is 1. The van der Waals surface area contributed by atoms with Gasteiger partial charge >= 0.3 is 6.09 Å². The topological polar surface area (TPSA) is 55.4 Å². The maximum Gasteiger partial charge on any atom is 0.412 e. The van der Waals surface area contributed by atoms with E-state index in [0.29, 0.717) is 21.2 Å². The monoisotopic (exact) mass is 337 g/mol. The molecule has 0 unspecified atom stereocenters. The predicted molar refractivity (Wildman–Crippen MR) is 89.1 cm³/mol. The number of carbonyl (C=O) groups excluding carboxylic acids is 2. The smallest absolute Gasteiger partial charge is 0.412 e. The molecule has 1 aromatic carbocycles. The molecule has 4 nitrogen and oxygen atoms in total. The van der Waals surface area contributed by atoms with Crippen molar-refractivity contribution in [1.82, 2.24) is 0 Å². The number of benzene rings is 1. The second kappa shape index (κ2) is 6.50. The third-order valence-electron chi connectivity index (χ3n) is 2.64. The Morgan fingerprint density at radius 2 is 1.82 bits per heavy atom. The van der Waals surface area contributed by atoms with Gasteiger partial charge in [0, 0.05) is 5.56 Å². The van der Waals surface area contributed by atoms with Crippen LogP contribution in [0, 0.1) is 0 Å². The van der Waals surface area contributed by atoms with Crippen molar-refractivity contribution in [2.75, 3.05) is 5.32 Å². The molecule has 0 aliphatic heterocycles. The van der Waals surface area contributed by atoms with Gasteiger partial charge in [-0.25, -0.2) is 4.79 Å². The Balaban J connectivity index is 2.21. The maximum absolute atomic E-state index is 12.5. The van der Waals surface area contributed by atoms with Gasteiger partial charge in [0.25, 0.3) is 0 Å². The molecular formula is C16H16ClNO3S. The summed E-state index contributed by atoms with van der Waals surface area (Å²) in [6, 6.07) is 8.46. The standard InChI is InChI=1S/C16H16ClNO3S/c1-16(2,3)21-15(20)18-14-11(8-9-22-14)13(19)10-6-4-5-7-12(10)17/h4-9H,1-3H3,(H,18,20). The van der Waals surface area contributed by atoms with Gasteiger partial charge in [0.15, 0.2) is 5.78 Å². The molecule has 116 valence electrons. The lowest BCUT2D eigenvalue weighted by Gasteiger charge is -2.19. The molecule has 0 radical (unpaired) electrons. The molecule has 2 rings (SSSR count). The number of nitrogens with one attached hydrogen (secondary N) is 1. The van der Waals surface area contributed by atoms with Crippen LogP contribution in [0.3, 0.4) is 0 Å². The van der Waals surface area contributed by atoms with Crippen molar-refractivity contribution >= 4 is 39.8 Å². The van der Waals surface area contributed by atoms with Crippen molar-refractivity contribution in [3.63, 3.8) is 0 Å². The van der Waals surface area contributed by atoms with Crippen molar-refractivity contribution in [2.24, 2.45) is 0 Å². The largest absolute Gasteiger partial charge is 0.444 e. The van der Waals surface area contributed by atoms with E-state index in [-0.39, 0.29) is 5.78 Å². The highest BCUT2D eigenvalue weighted by Crippen LogP contribution is 2.28. The van der Waals surface area contributed by atoms with Crippen molar-refractivity contribution < 1.29 is 14.3 Å². The molecule has 1 aromatic heterocycles. The Hall–Kier alpha value is -1.85. The highest BCUT2D eigenvalue weighted by atomic mass is 35.5. The molecule has 0 aliphatic carbocycles. The second-order valence-corrected chi connectivity index (χ2v) is 6.92. The summed E-state index contributed by atoms with van der Waals surface area (Å²) in [5, 5.41) is 5.16. The number of ketones is 1. The van der Waals surface area contributed by atoms with Crippen LogP contribution in [0.2, 0.25) is 5.02 Å². The fourth-order valence-corrected chi connectivity index (χ4v) is 2.76. The van der Waals surface area contributed by atoms with E-state index in [1.165, 1.54) is 11.3 Å². The van der Waals surface area contributed by atoms with Gasteiger partial charge in [0.05, 0.1) is 10.6 Å². The maximum atomic E-state index is 12.5. The molecule has 0 fully saturated rings. The normalized spacial score (nSPS) is 11.1. The minimum absolute atomic E-state index is 0.238. The third kappa shape index (κ3) is 4.08. The Morgan fingerprint density at radius 3 is 2.45 bits per heavy atom. The van der Waals surface area contributed by atoms with Crippen LogP contribution in [0.15, 0.2) is 35.7 Å². The molecule has 0 saturated heterocycles. The molecule has 0 saturated carbocycles. The summed E-state index contributed by atoms with van der Waals surface area (Å²) in [6.07, 6.45) is -0.594. The van der Waals surface area contributed by atoms with E-state index in [2.05, 4.69) is 5.32 Å². The highest BCUT2D eigenvalue weighted by molar-refractivity contribution is 7.14. The molecular weight excluding hydrogens is 322 g/mol. The summed E-state index contributed by atoms with van der Waals surface area (Å²) in [6.45, 7) is 5.32. The summed E-state index contributed by atoms with van der Waals surface area (Å²) in [5.74, 6) is -0.238. The zero-order chi connectivity index (χ0) is 16.3. The van der Waals surface area contributed by atoms with E-state index in [4.69, 9.17) is 16.3 Å². The van der Waals surface area contributed by atoms with E-state index in [0.717, 1.165) is 0 Å². The highest BCUT2D eigenvalue weighted by Gasteiger charge is 2.21. The van der Waals surface area contributed by atoms with Crippen molar-refractivity contribution in [2.45, 2.75) is 26.4 Å². The van der Waals surface area contributed by atoms with Crippen molar-refractivity contribution in [3.05, 3.63) is 51.9 Å². The molecule has 0 aliphatic rings. The summed E-state index contributed by atoms with van der Waals surface area (Å²) in [7, 11) is 0. The first-order chi connectivity index (χ1) is 10.3. The number of carbonyl (C=O) groups is 2. The van der Waals surface area contributed by atoms with Crippen LogP contribution < -0.4 is 5.32 Å². The third-order valence-corrected chi connectivity index (χ3v) is 3.80. The van der Waals surface area contributed by atoms with Gasteiger partial charge in [-0.3, -0.25) is 10.1 Å². The van der Waals surface area contributed by atoms with Crippen LogP contribution in [-0.2, 0) is 4.74 Å². The number of hydrogen-bond donors (Lipinski definition) is 1. The number of amides is 1. The summed E-state index contributed by atoms with van der Waals surface area (Å²) < 4.78 is 5.19. The number of ether oxygens (including phenoxy) is 1. The lowest BCUT2D eigenvalue weighted by Crippen LogP contribution is -2.27. The molecule has 2 aromatic rings. The first-order valence-corrected chi connectivity index (χ1v) is 7.90. The van der Waals surface area contributed by atoms with Crippen LogP contribution in [-0.4, -0.2) is 17.5 Å². The van der Waals surface area contributed by atoms with Gasteiger partial charge in [0.2, 0.25) is 0 Å². The van der Waals surface area contributed by atoms with Gasteiger partial charge in [-0.2, -0.15) is 0 Å². The molecule has 6 heteroatoms. The SMILES string of the molecule is CC(C)(C)OC(=O)Nc1sccc1C(=O)c1ccccc1Cl. The van der Waals surface area contributed by atoms with Crippen molar-refractivity contribution in [1.29, 1.82) is 0 Å². The van der Waals surface area contributed by atoms with Crippen LogP contribution in [0.5, 0.6) is 0 Å². The molecule has 1 N–H and O–H groups in total. The minimum atomic E-state index is -0.603. The molecule has 1 heterocycles. The Morgan fingerprint density at radius 1 is 1.14 bits per heavy atom. The molecule has 0 spiro atoms. The Kier molecular flexibility index (Phi) is 4.88. The van der Waals surface area contributed by atoms with E-state index in [1.807, 2.05) is 0 Å². The lowest BCUT2D eigenvalue weighted by molar-refractivity contribution is 0.0636. The van der Waals surface area contributed by atoms with E-state index < -0.39 is 11.7 Å². The first-order valence-electron chi connectivity index (χ1n) is 6.64. The number of hydrogen-bond acceptors (Lipinski definition) is 4. The zero-order valence-corrected chi connectivity index (χ0v) is 14.0. The van der Waals surface area contributed by atoms with Gasteiger partial charge in [-0.1, -0.05) is 23.7 Å². The zero-order valence-electron chi connectivity index (χ0n) is 12.5. The first kappa shape index (κ1) is 16.5. The van der Waals surface area contributed by atoms with Gasteiger partial charge < -0.3 is 4.74 Å². The van der Waals surface area contributed by atoms with Crippen LogP contribution >= 0.6 is 22.9 Å². The predicted octanol–water partition coefficient (Wildman–Crippen LogP) is 4.98. The van der Waals surface area contributed by atoms with Crippen LogP contribution in [0.4, 0.5) is 9.80 Å². The average Bonchev–Trinajstić information content (AvgIpc) is 2.84. The second-order valence-electron chi connectivity index (χ2n) is 5.60. The number of thiophene rings is 1. The van der Waals surface area contributed by atoms with Crippen LogP contribution in [0.25, 0.3) is 0 Å². The summed E-state index contributed by atoms with van der Waals surface area (Å²) in [4.78, 5) is 24.4. The molecule has 0 atom stereocenters. The van der Waals surface area contributed by atoms with Crippen molar-refractivity contribution in [3.8, 4) is 0 Å². The number of halogens is 1. The van der Waals surface area contributed by atoms with Crippen LogP contribution in [0.1, 0.15) is 36.7 Å². The van der Waals surface area contributed by atoms with Gasteiger partial charge in [-0.05, 0) is 44.4 Å².